The van der Waals surface area contributed by atoms with Gasteiger partial charge in [0.05, 0.1) is 7.11 Å². The second-order valence-electron chi connectivity index (χ2n) is 4.02. The van der Waals surface area contributed by atoms with Crippen molar-refractivity contribution in [1.29, 1.82) is 0 Å². The molecule has 0 aromatic heterocycles. The SMILES string of the molecule is CCC(C)SCC(N)c1cccc(OC)c1F. The lowest BCUT2D eigenvalue weighted by molar-refractivity contribution is 0.383. The number of nitrogens with two attached hydrogens (primary N) is 1. The molecule has 0 amide bonds. The van der Waals surface area contributed by atoms with Crippen molar-refractivity contribution in [2.45, 2.75) is 31.6 Å². The van der Waals surface area contributed by atoms with Crippen molar-refractivity contribution >= 4 is 11.8 Å². The van der Waals surface area contributed by atoms with Crippen LogP contribution < -0.4 is 10.5 Å². The van der Waals surface area contributed by atoms with Crippen LogP contribution in [0.25, 0.3) is 0 Å². The second kappa shape index (κ2) is 6.87. The highest BCUT2D eigenvalue weighted by atomic mass is 32.2. The van der Waals surface area contributed by atoms with Gasteiger partial charge in [-0.15, -0.1) is 0 Å². The van der Waals surface area contributed by atoms with E-state index in [-0.39, 0.29) is 17.6 Å². The van der Waals surface area contributed by atoms with Crippen LogP contribution in [0, 0.1) is 5.82 Å². The number of hydrogen-bond acceptors (Lipinski definition) is 3. The van der Waals surface area contributed by atoms with E-state index in [1.807, 2.05) is 0 Å². The van der Waals surface area contributed by atoms with Gasteiger partial charge in [-0.2, -0.15) is 11.8 Å². The minimum absolute atomic E-state index is 0.256. The number of halogens is 1. The highest BCUT2D eigenvalue weighted by Gasteiger charge is 2.15. The molecule has 1 aromatic rings. The summed E-state index contributed by atoms with van der Waals surface area (Å²) in [4.78, 5) is 0. The first kappa shape index (κ1) is 14.3. The lowest BCUT2D eigenvalue weighted by atomic mass is 10.1. The Balaban J connectivity index is 2.71. The minimum atomic E-state index is -0.341. The largest absolute Gasteiger partial charge is 0.494 e. The lowest BCUT2D eigenvalue weighted by Gasteiger charge is -2.16. The molecule has 0 spiro atoms. The van der Waals surface area contributed by atoms with Crippen LogP contribution in [0.5, 0.6) is 5.75 Å². The molecular formula is C13H20FNOS. The van der Waals surface area contributed by atoms with Crippen molar-refractivity contribution in [2.75, 3.05) is 12.9 Å². The Morgan fingerprint density at radius 1 is 1.47 bits per heavy atom. The number of ether oxygens (including phenoxy) is 1. The van der Waals surface area contributed by atoms with Crippen LogP contribution in [0.2, 0.25) is 0 Å². The zero-order valence-corrected chi connectivity index (χ0v) is 11.4. The third kappa shape index (κ3) is 3.89. The average Bonchev–Trinajstić information content (AvgIpc) is 2.35. The Bertz CT molecular complexity index is 359. The number of methoxy groups -OCH3 is 1. The summed E-state index contributed by atoms with van der Waals surface area (Å²) in [5.74, 6) is 0.637. The average molecular weight is 257 g/mol. The molecule has 0 aliphatic rings. The third-order valence-electron chi connectivity index (χ3n) is 2.75. The Morgan fingerprint density at radius 3 is 2.76 bits per heavy atom. The second-order valence-corrected chi connectivity index (χ2v) is 5.49. The van der Waals surface area contributed by atoms with E-state index >= 15 is 0 Å². The Labute approximate surface area is 107 Å². The van der Waals surface area contributed by atoms with Crippen molar-refractivity contribution in [2.24, 2.45) is 5.73 Å². The van der Waals surface area contributed by atoms with Crippen LogP contribution in [0.1, 0.15) is 31.9 Å². The molecule has 1 aromatic carbocycles. The predicted molar refractivity (Wildman–Crippen MR) is 72.1 cm³/mol. The Morgan fingerprint density at radius 2 is 2.18 bits per heavy atom. The summed E-state index contributed by atoms with van der Waals surface area (Å²) in [5.41, 5.74) is 6.53. The van der Waals surface area contributed by atoms with E-state index in [0.717, 1.165) is 12.2 Å². The van der Waals surface area contributed by atoms with Gasteiger partial charge in [-0.1, -0.05) is 26.0 Å². The predicted octanol–water partition coefficient (Wildman–Crippen LogP) is 3.37. The molecule has 1 rings (SSSR count). The summed E-state index contributed by atoms with van der Waals surface area (Å²) < 4.78 is 18.9. The summed E-state index contributed by atoms with van der Waals surface area (Å²) in [6.07, 6.45) is 1.10. The van der Waals surface area contributed by atoms with Crippen molar-refractivity contribution in [3.8, 4) is 5.75 Å². The maximum absolute atomic E-state index is 13.9. The van der Waals surface area contributed by atoms with Crippen molar-refractivity contribution in [3.63, 3.8) is 0 Å². The zero-order valence-electron chi connectivity index (χ0n) is 10.6. The molecule has 2 unspecified atom stereocenters. The molecule has 0 aliphatic carbocycles. The van der Waals surface area contributed by atoms with Crippen LogP contribution >= 0.6 is 11.8 Å². The quantitative estimate of drug-likeness (QED) is 0.848. The van der Waals surface area contributed by atoms with Gasteiger partial charge in [0.1, 0.15) is 0 Å². The van der Waals surface area contributed by atoms with Crippen LogP contribution in [0.4, 0.5) is 4.39 Å². The van der Waals surface area contributed by atoms with Crippen molar-refractivity contribution in [1.82, 2.24) is 0 Å². The van der Waals surface area contributed by atoms with Gasteiger partial charge >= 0.3 is 0 Å². The molecule has 96 valence electrons. The lowest BCUT2D eigenvalue weighted by Crippen LogP contribution is -2.16. The molecule has 0 saturated carbocycles. The molecule has 0 fully saturated rings. The zero-order chi connectivity index (χ0) is 12.8. The molecule has 17 heavy (non-hydrogen) atoms. The first-order valence-electron chi connectivity index (χ1n) is 5.79. The molecule has 4 heteroatoms. The van der Waals surface area contributed by atoms with Crippen LogP contribution in [0.15, 0.2) is 18.2 Å². The van der Waals surface area contributed by atoms with E-state index in [9.17, 15) is 4.39 Å². The Kier molecular flexibility index (Phi) is 5.78. The Hall–Kier alpha value is -0.740. The minimum Gasteiger partial charge on any atom is -0.494 e. The first-order chi connectivity index (χ1) is 8.10. The summed E-state index contributed by atoms with van der Waals surface area (Å²) in [5, 5.41) is 0.551. The molecule has 2 nitrogen and oxygen atoms in total. The smallest absolute Gasteiger partial charge is 0.169 e. The molecular weight excluding hydrogens is 237 g/mol. The monoisotopic (exact) mass is 257 g/mol. The fourth-order valence-electron chi connectivity index (χ4n) is 1.45. The van der Waals surface area contributed by atoms with Gasteiger partial charge in [-0.05, 0) is 12.5 Å². The summed E-state index contributed by atoms with van der Waals surface area (Å²) in [6, 6.07) is 4.81. The summed E-state index contributed by atoms with van der Waals surface area (Å²) >= 11 is 1.77. The van der Waals surface area contributed by atoms with Gasteiger partial charge in [0.15, 0.2) is 11.6 Å². The maximum Gasteiger partial charge on any atom is 0.169 e. The molecule has 0 saturated heterocycles. The summed E-state index contributed by atoms with van der Waals surface area (Å²) in [7, 11) is 1.46. The van der Waals surface area contributed by atoms with Crippen LogP contribution in [-0.2, 0) is 0 Å². The van der Waals surface area contributed by atoms with Crippen LogP contribution in [0.3, 0.4) is 0 Å². The normalized spacial score (nSPS) is 14.4. The molecule has 0 radical (unpaired) electrons. The van der Waals surface area contributed by atoms with Gasteiger partial charge in [0.25, 0.3) is 0 Å². The molecule has 2 N–H and O–H groups in total. The molecule has 2 atom stereocenters. The van der Waals surface area contributed by atoms with E-state index in [1.54, 1.807) is 30.0 Å². The molecule has 0 heterocycles. The van der Waals surface area contributed by atoms with Gasteiger partial charge in [0, 0.05) is 22.6 Å². The van der Waals surface area contributed by atoms with Gasteiger partial charge in [-0.25, -0.2) is 4.39 Å². The molecule has 0 aliphatic heterocycles. The van der Waals surface area contributed by atoms with Gasteiger partial charge in [-0.3, -0.25) is 0 Å². The van der Waals surface area contributed by atoms with E-state index in [4.69, 9.17) is 10.5 Å². The maximum atomic E-state index is 13.9. The van der Waals surface area contributed by atoms with Crippen molar-refractivity contribution < 1.29 is 9.13 Å². The third-order valence-corrected chi connectivity index (χ3v) is 4.20. The number of benzene rings is 1. The first-order valence-corrected chi connectivity index (χ1v) is 6.84. The topological polar surface area (TPSA) is 35.2 Å². The van der Waals surface area contributed by atoms with Gasteiger partial charge < -0.3 is 10.5 Å². The highest BCUT2D eigenvalue weighted by molar-refractivity contribution is 7.99. The van der Waals surface area contributed by atoms with E-state index in [2.05, 4.69) is 13.8 Å². The summed E-state index contributed by atoms with van der Waals surface area (Å²) in [6.45, 7) is 4.29. The van der Waals surface area contributed by atoms with Gasteiger partial charge in [0.2, 0.25) is 0 Å². The number of hydrogen-bond donors (Lipinski definition) is 1. The van der Waals surface area contributed by atoms with Crippen molar-refractivity contribution in [3.05, 3.63) is 29.6 Å². The highest BCUT2D eigenvalue weighted by Crippen LogP contribution is 2.27. The molecule has 0 bridgehead atoms. The number of rotatable bonds is 6. The van der Waals surface area contributed by atoms with Crippen LogP contribution in [-0.4, -0.2) is 18.1 Å². The van der Waals surface area contributed by atoms with E-state index in [0.29, 0.717) is 10.8 Å². The number of thioether (sulfide) groups is 1. The van der Waals surface area contributed by atoms with E-state index in [1.165, 1.54) is 7.11 Å². The van der Waals surface area contributed by atoms with E-state index < -0.39 is 0 Å². The fourth-order valence-corrected chi connectivity index (χ4v) is 2.40. The standard InChI is InChI=1S/C13H20FNOS/c1-4-9(2)17-8-11(15)10-6-5-7-12(16-3)13(10)14/h5-7,9,11H,4,8,15H2,1-3H3. The fraction of sp³-hybridized carbons (Fsp3) is 0.538.